The number of benzene rings is 2. The van der Waals surface area contributed by atoms with Crippen LogP contribution in [0.5, 0.6) is 0 Å². The summed E-state index contributed by atoms with van der Waals surface area (Å²) in [5, 5.41) is 5.28. The van der Waals surface area contributed by atoms with E-state index in [4.69, 9.17) is 9.15 Å². The fourth-order valence-corrected chi connectivity index (χ4v) is 2.99. The third kappa shape index (κ3) is 4.45. The normalized spacial score (nSPS) is 11.7. The molecule has 0 saturated carbocycles. The highest BCUT2D eigenvalue weighted by molar-refractivity contribution is 5.98. The van der Waals surface area contributed by atoms with Crippen molar-refractivity contribution in [2.75, 3.05) is 7.05 Å². The summed E-state index contributed by atoms with van der Waals surface area (Å²) in [5.74, 6) is -1.33. The molecule has 3 rings (SSSR count). The minimum atomic E-state index is -1.25. The van der Waals surface area contributed by atoms with Gasteiger partial charge in [0.15, 0.2) is 0 Å². The lowest BCUT2D eigenvalue weighted by molar-refractivity contribution is -0.155. The number of urea groups is 1. The predicted molar refractivity (Wildman–Crippen MR) is 107 cm³/mol. The van der Waals surface area contributed by atoms with Crippen LogP contribution < -0.4 is 10.6 Å². The lowest BCUT2D eigenvalue weighted by Gasteiger charge is -2.17. The van der Waals surface area contributed by atoms with Gasteiger partial charge in [-0.2, -0.15) is 0 Å². The largest absolute Gasteiger partial charge is 0.464 e. The molecular weight excluding hydrogens is 372 g/mol. The maximum Gasteiger partial charge on any atom is 0.321 e. The molecule has 0 aliphatic carbocycles. The zero-order valence-corrected chi connectivity index (χ0v) is 16.4. The number of rotatable bonds is 5. The van der Waals surface area contributed by atoms with Gasteiger partial charge in [-0.3, -0.25) is 14.9 Å². The molecular formula is C22H22N2O5. The maximum absolute atomic E-state index is 12.6. The molecule has 29 heavy (non-hydrogen) atoms. The van der Waals surface area contributed by atoms with Crippen LogP contribution in [0, 0.1) is 13.8 Å². The minimum Gasteiger partial charge on any atom is -0.464 e. The summed E-state index contributed by atoms with van der Waals surface area (Å²) < 4.78 is 11.1. The van der Waals surface area contributed by atoms with Gasteiger partial charge in [0.25, 0.3) is 5.91 Å². The first-order chi connectivity index (χ1) is 13.9. The molecule has 2 N–H and O–H groups in total. The van der Waals surface area contributed by atoms with Crippen molar-refractivity contribution in [3.63, 3.8) is 0 Å². The average Bonchev–Trinajstić information content (AvgIpc) is 3.12. The number of ether oxygens (including phenoxy) is 1. The molecule has 0 bridgehead atoms. The highest BCUT2D eigenvalue weighted by Crippen LogP contribution is 2.27. The fraction of sp³-hybridized carbons (Fsp3) is 0.227. The number of hydrogen-bond acceptors (Lipinski definition) is 5. The van der Waals surface area contributed by atoms with Gasteiger partial charge in [0, 0.05) is 23.6 Å². The Morgan fingerprint density at radius 3 is 2.48 bits per heavy atom. The van der Waals surface area contributed by atoms with E-state index in [0.717, 1.165) is 22.1 Å². The first-order valence-corrected chi connectivity index (χ1v) is 9.14. The van der Waals surface area contributed by atoms with Gasteiger partial charge in [0.2, 0.25) is 6.10 Å². The summed E-state index contributed by atoms with van der Waals surface area (Å²) in [7, 11) is 1.39. The number of carbonyl (C=O) groups excluding carboxylic acids is 3. The van der Waals surface area contributed by atoms with Crippen molar-refractivity contribution in [2.24, 2.45) is 0 Å². The molecule has 0 radical (unpaired) electrons. The number of nitrogens with one attached hydrogen (secondary N) is 2. The lowest BCUT2D eigenvalue weighted by Crippen LogP contribution is -2.41. The number of imide groups is 1. The SMILES string of the molecule is CNC(=O)NC(=O)[C@H](OC(=O)Cc1coc2c(C)c(C)ccc12)c1ccccc1. The zero-order valence-electron chi connectivity index (χ0n) is 16.4. The first-order valence-electron chi connectivity index (χ1n) is 9.14. The molecule has 1 heterocycles. The number of aryl methyl sites for hydroxylation is 2. The predicted octanol–water partition coefficient (Wildman–Crippen LogP) is 3.33. The van der Waals surface area contributed by atoms with E-state index in [2.05, 4.69) is 10.6 Å². The quantitative estimate of drug-likeness (QED) is 0.647. The van der Waals surface area contributed by atoms with Crippen molar-refractivity contribution in [3.8, 4) is 0 Å². The van der Waals surface area contributed by atoms with Gasteiger partial charge in [0.05, 0.1) is 12.7 Å². The molecule has 0 spiro atoms. The Balaban J connectivity index is 1.81. The average molecular weight is 394 g/mol. The van der Waals surface area contributed by atoms with Gasteiger partial charge < -0.3 is 14.5 Å². The summed E-state index contributed by atoms with van der Waals surface area (Å²) >= 11 is 0. The highest BCUT2D eigenvalue weighted by Gasteiger charge is 2.27. The number of fused-ring (bicyclic) bond motifs is 1. The summed E-state index contributed by atoms with van der Waals surface area (Å²) in [6.07, 6.45) is 0.218. The van der Waals surface area contributed by atoms with E-state index in [9.17, 15) is 14.4 Å². The minimum absolute atomic E-state index is 0.0634. The second-order valence-corrected chi connectivity index (χ2v) is 6.67. The van der Waals surface area contributed by atoms with E-state index < -0.39 is 24.0 Å². The van der Waals surface area contributed by atoms with Crippen LogP contribution in [0.25, 0.3) is 11.0 Å². The smallest absolute Gasteiger partial charge is 0.321 e. The van der Waals surface area contributed by atoms with E-state index >= 15 is 0 Å². The number of carbonyl (C=O) groups is 3. The molecule has 2 aromatic carbocycles. The molecule has 7 heteroatoms. The molecule has 1 atom stereocenters. The third-order valence-corrected chi connectivity index (χ3v) is 4.73. The molecule has 0 aliphatic heterocycles. The Bertz CT molecular complexity index is 1060. The molecule has 0 unspecified atom stereocenters. The maximum atomic E-state index is 12.6. The topological polar surface area (TPSA) is 97.6 Å². The van der Waals surface area contributed by atoms with Crippen LogP contribution in [0.4, 0.5) is 4.79 Å². The van der Waals surface area contributed by atoms with Crippen LogP contribution in [0.2, 0.25) is 0 Å². The van der Waals surface area contributed by atoms with E-state index in [0.29, 0.717) is 11.1 Å². The summed E-state index contributed by atoms with van der Waals surface area (Å²) in [4.78, 5) is 36.6. The number of esters is 1. The Hall–Kier alpha value is -3.61. The molecule has 0 aliphatic rings. The van der Waals surface area contributed by atoms with E-state index in [1.165, 1.54) is 13.3 Å². The summed E-state index contributed by atoms with van der Waals surface area (Å²) in [5.41, 5.74) is 3.97. The van der Waals surface area contributed by atoms with Gasteiger partial charge in [-0.25, -0.2) is 4.79 Å². The van der Waals surface area contributed by atoms with Crippen molar-refractivity contribution >= 4 is 28.9 Å². The van der Waals surface area contributed by atoms with Crippen LogP contribution in [0.15, 0.2) is 53.1 Å². The van der Waals surface area contributed by atoms with E-state index in [-0.39, 0.29) is 6.42 Å². The summed E-state index contributed by atoms with van der Waals surface area (Å²) in [6, 6.07) is 11.7. The van der Waals surface area contributed by atoms with Crippen LogP contribution in [-0.2, 0) is 20.7 Å². The van der Waals surface area contributed by atoms with Gasteiger partial charge in [-0.15, -0.1) is 0 Å². The Labute approximate surface area is 168 Å². The summed E-state index contributed by atoms with van der Waals surface area (Å²) in [6.45, 7) is 3.94. The van der Waals surface area contributed by atoms with Crippen molar-refractivity contribution in [1.29, 1.82) is 0 Å². The third-order valence-electron chi connectivity index (χ3n) is 4.73. The van der Waals surface area contributed by atoms with Crippen LogP contribution in [0.1, 0.15) is 28.4 Å². The Morgan fingerprint density at radius 2 is 1.79 bits per heavy atom. The number of hydrogen-bond donors (Lipinski definition) is 2. The van der Waals surface area contributed by atoms with Gasteiger partial charge in [-0.1, -0.05) is 42.5 Å². The lowest BCUT2D eigenvalue weighted by atomic mass is 10.0. The zero-order chi connectivity index (χ0) is 21.0. The monoisotopic (exact) mass is 394 g/mol. The Morgan fingerprint density at radius 1 is 1.07 bits per heavy atom. The molecule has 150 valence electrons. The fourth-order valence-electron chi connectivity index (χ4n) is 2.99. The second-order valence-electron chi connectivity index (χ2n) is 6.67. The first kappa shape index (κ1) is 20.1. The van der Waals surface area contributed by atoms with Crippen LogP contribution in [-0.4, -0.2) is 25.0 Å². The van der Waals surface area contributed by atoms with Crippen molar-refractivity contribution in [1.82, 2.24) is 10.6 Å². The molecule has 3 aromatic rings. The van der Waals surface area contributed by atoms with Crippen LogP contribution in [0.3, 0.4) is 0 Å². The van der Waals surface area contributed by atoms with Gasteiger partial charge in [0.1, 0.15) is 5.58 Å². The Kier molecular flexibility index (Phi) is 5.97. The van der Waals surface area contributed by atoms with Crippen LogP contribution >= 0.6 is 0 Å². The number of amides is 3. The van der Waals surface area contributed by atoms with E-state index in [1.807, 2.05) is 26.0 Å². The van der Waals surface area contributed by atoms with Gasteiger partial charge in [-0.05, 0) is 25.0 Å². The van der Waals surface area contributed by atoms with Crippen molar-refractivity contribution < 1.29 is 23.5 Å². The molecule has 0 fully saturated rings. The second kappa shape index (κ2) is 8.60. The molecule has 3 amide bonds. The molecule has 1 aromatic heterocycles. The standard InChI is InChI=1S/C22H22N2O5/c1-13-9-10-17-16(12-28-19(17)14(13)2)11-18(25)29-20(15-7-5-4-6-8-15)21(26)24-22(27)23-3/h4-10,12,20H,11H2,1-3H3,(H2,23,24,26,27)/t20-/m1/s1. The molecule has 7 nitrogen and oxygen atoms in total. The van der Waals surface area contributed by atoms with Crippen molar-refractivity contribution in [2.45, 2.75) is 26.4 Å². The number of furan rings is 1. The van der Waals surface area contributed by atoms with Gasteiger partial charge >= 0.3 is 12.0 Å². The highest BCUT2D eigenvalue weighted by atomic mass is 16.5. The van der Waals surface area contributed by atoms with E-state index in [1.54, 1.807) is 30.3 Å². The van der Waals surface area contributed by atoms with Crippen molar-refractivity contribution in [3.05, 3.63) is 71.0 Å². The molecule has 0 saturated heterocycles.